The van der Waals surface area contributed by atoms with E-state index in [1.807, 2.05) is 45.0 Å². The fraction of sp³-hybridized carbons (Fsp3) is 0.250. The molecule has 1 aromatic carbocycles. The summed E-state index contributed by atoms with van der Waals surface area (Å²) >= 11 is 3.44. The Morgan fingerprint density at radius 3 is 2.59 bits per heavy atom. The molecule has 22 heavy (non-hydrogen) atoms. The number of hydrogen-bond acceptors (Lipinski definition) is 3. The molecule has 2 rings (SSSR count). The van der Waals surface area contributed by atoms with Crippen molar-refractivity contribution in [3.63, 3.8) is 0 Å². The van der Waals surface area contributed by atoms with Crippen LogP contribution in [0.4, 0.5) is 22.0 Å². The summed E-state index contributed by atoms with van der Waals surface area (Å²) in [5.74, 6) is 0.510. The van der Waals surface area contributed by atoms with Gasteiger partial charge in [-0.25, -0.2) is 9.78 Å². The average molecular weight is 363 g/mol. The summed E-state index contributed by atoms with van der Waals surface area (Å²) in [5.41, 5.74) is 3.01. The molecule has 3 N–H and O–H groups in total. The molecule has 0 atom stereocenters. The van der Waals surface area contributed by atoms with Gasteiger partial charge < -0.3 is 10.6 Å². The Morgan fingerprint density at radius 1 is 1.23 bits per heavy atom. The Bertz CT molecular complexity index is 656. The van der Waals surface area contributed by atoms with Crippen LogP contribution < -0.4 is 16.0 Å². The minimum absolute atomic E-state index is 0.0846. The van der Waals surface area contributed by atoms with Gasteiger partial charge in [-0.2, -0.15) is 0 Å². The standard InChI is InChI=1S/C16H19BrN4O/c1-10(2)19-16(22)21-15-7-5-13(9-18-15)20-14-6-4-12(17)8-11(14)3/h4-10,20H,1-3H3,(H2,18,19,21,22). The van der Waals surface area contributed by atoms with Crippen molar-refractivity contribution in [3.05, 3.63) is 46.6 Å². The molecule has 2 aromatic rings. The summed E-state index contributed by atoms with van der Waals surface area (Å²) in [6, 6.07) is 9.49. The monoisotopic (exact) mass is 362 g/mol. The maximum Gasteiger partial charge on any atom is 0.320 e. The number of carbonyl (C=O) groups is 1. The first kappa shape index (κ1) is 16.3. The van der Waals surface area contributed by atoms with Gasteiger partial charge in [0.2, 0.25) is 0 Å². The largest absolute Gasteiger partial charge is 0.354 e. The number of nitrogens with one attached hydrogen (secondary N) is 3. The second-order valence-electron chi connectivity index (χ2n) is 5.27. The lowest BCUT2D eigenvalue weighted by Crippen LogP contribution is -2.34. The number of halogens is 1. The zero-order chi connectivity index (χ0) is 16.1. The quantitative estimate of drug-likeness (QED) is 0.753. The zero-order valence-electron chi connectivity index (χ0n) is 12.8. The number of carbonyl (C=O) groups excluding carboxylic acids is 1. The maximum absolute atomic E-state index is 11.6. The van der Waals surface area contributed by atoms with Gasteiger partial charge in [-0.3, -0.25) is 5.32 Å². The normalized spacial score (nSPS) is 10.4. The van der Waals surface area contributed by atoms with Crippen LogP contribution in [0.2, 0.25) is 0 Å². The summed E-state index contributed by atoms with van der Waals surface area (Å²) in [6.07, 6.45) is 1.69. The topological polar surface area (TPSA) is 66.0 Å². The zero-order valence-corrected chi connectivity index (χ0v) is 14.4. The fourth-order valence-corrected chi connectivity index (χ4v) is 2.35. The molecule has 0 saturated carbocycles. The summed E-state index contributed by atoms with van der Waals surface area (Å²) in [6.45, 7) is 5.84. The molecule has 0 fully saturated rings. The van der Waals surface area contributed by atoms with E-state index in [0.717, 1.165) is 21.4 Å². The molecule has 5 nitrogen and oxygen atoms in total. The number of pyridine rings is 1. The first-order valence-electron chi connectivity index (χ1n) is 7.01. The number of anilines is 3. The second-order valence-corrected chi connectivity index (χ2v) is 6.19. The Hall–Kier alpha value is -2.08. The third kappa shape index (κ3) is 4.73. The molecule has 0 aliphatic heterocycles. The van der Waals surface area contributed by atoms with Gasteiger partial charge in [0, 0.05) is 16.2 Å². The molecular formula is C16H19BrN4O. The van der Waals surface area contributed by atoms with Crippen molar-refractivity contribution >= 4 is 39.2 Å². The molecule has 116 valence electrons. The number of nitrogens with zero attached hydrogens (tertiary/aromatic N) is 1. The van der Waals surface area contributed by atoms with E-state index in [0.29, 0.717) is 5.82 Å². The smallest absolute Gasteiger partial charge is 0.320 e. The Labute approximate surface area is 138 Å². The van der Waals surface area contributed by atoms with Crippen LogP contribution >= 0.6 is 15.9 Å². The minimum Gasteiger partial charge on any atom is -0.354 e. The number of rotatable bonds is 4. The van der Waals surface area contributed by atoms with E-state index >= 15 is 0 Å². The highest BCUT2D eigenvalue weighted by atomic mass is 79.9. The van der Waals surface area contributed by atoms with E-state index in [4.69, 9.17) is 0 Å². The molecule has 1 aromatic heterocycles. The van der Waals surface area contributed by atoms with E-state index in [2.05, 4.69) is 36.9 Å². The van der Waals surface area contributed by atoms with Crippen molar-refractivity contribution in [3.8, 4) is 0 Å². The van der Waals surface area contributed by atoms with Crippen molar-refractivity contribution in [2.24, 2.45) is 0 Å². The third-order valence-electron chi connectivity index (χ3n) is 2.89. The van der Waals surface area contributed by atoms with Gasteiger partial charge in [0.1, 0.15) is 5.82 Å². The number of aryl methyl sites for hydroxylation is 1. The fourth-order valence-electron chi connectivity index (χ4n) is 1.88. The van der Waals surface area contributed by atoms with Gasteiger partial charge in [0.15, 0.2) is 0 Å². The summed E-state index contributed by atoms with van der Waals surface area (Å²) in [5, 5.41) is 8.74. The van der Waals surface area contributed by atoms with Crippen LogP contribution in [0.25, 0.3) is 0 Å². The van der Waals surface area contributed by atoms with Crippen LogP contribution in [0.1, 0.15) is 19.4 Å². The molecule has 0 aliphatic carbocycles. The maximum atomic E-state index is 11.6. The lowest BCUT2D eigenvalue weighted by molar-refractivity contribution is 0.250. The molecule has 2 amide bonds. The highest BCUT2D eigenvalue weighted by molar-refractivity contribution is 9.10. The Kier molecular flexibility index (Phi) is 5.38. The van der Waals surface area contributed by atoms with Crippen molar-refractivity contribution in [2.75, 3.05) is 10.6 Å². The summed E-state index contributed by atoms with van der Waals surface area (Å²) < 4.78 is 1.05. The molecule has 0 bridgehead atoms. The van der Waals surface area contributed by atoms with Crippen LogP contribution in [0.5, 0.6) is 0 Å². The van der Waals surface area contributed by atoms with Crippen molar-refractivity contribution < 1.29 is 4.79 Å². The van der Waals surface area contributed by atoms with Crippen LogP contribution in [0.15, 0.2) is 41.0 Å². The van der Waals surface area contributed by atoms with Crippen LogP contribution in [0.3, 0.4) is 0 Å². The summed E-state index contributed by atoms with van der Waals surface area (Å²) in [4.78, 5) is 15.8. The molecular weight excluding hydrogens is 344 g/mol. The van der Waals surface area contributed by atoms with Gasteiger partial charge in [-0.1, -0.05) is 15.9 Å². The predicted molar refractivity (Wildman–Crippen MR) is 93.7 cm³/mol. The molecule has 6 heteroatoms. The Balaban J connectivity index is 2.01. The van der Waals surface area contributed by atoms with Gasteiger partial charge in [0.25, 0.3) is 0 Å². The number of hydrogen-bond donors (Lipinski definition) is 3. The second kappa shape index (κ2) is 7.26. The average Bonchev–Trinajstić information content (AvgIpc) is 2.43. The first-order valence-corrected chi connectivity index (χ1v) is 7.80. The number of benzene rings is 1. The Morgan fingerprint density at radius 2 is 2.00 bits per heavy atom. The predicted octanol–water partition coefficient (Wildman–Crippen LogP) is 4.43. The number of aromatic nitrogens is 1. The highest BCUT2D eigenvalue weighted by Crippen LogP contribution is 2.23. The van der Waals surface area contributed by atoms with Gasteiger partial charge >= 0.3 is 6.03 Å². The molecule has 0 aliphatic rings. The van der Waals surface area contributed by atoms with Crippen LogP contribution in [-0.2, 0) is 0 Å². The van der Waals surface area contributed by atoms with Gasteiger partial charge in [-0.05, 0) is 56.7 Å². The molecule has 0 radical (unpaired) electrons. The lowest BCUT2D eigenvalue weighted by Gasteiger charge is -2.11. The summed E-state index contributed by atoms with van der Waals surface area (Å²) in [7, 11) is 0. The molecule has 0 unspecified atom stereocenters. The van der Waals surface area contributed by atoms with Crippen molar-refractivity contribution in [1.29, 1.82) is 0 Å². The van der Waals surface area contributed by atoms with Crippen LogP contribution in [0, 0.1) is 6.92 Å². The van der Waals surface area contributed by atoms with E-state index in [9.17, 15) is 4.79 Å². The van der Waals surface area contributed by atoms with Gasteiger partial charge in [0.05, 0.1) is 11.9 Å². The van der Waals surface area contributed by atoms with Gasteiger partial charge in [-0.15, -0.1) is 0 Å². The van der Waals surface area contributed by atoms with E-state index in [-0.39, 0.29) is 12.1 Å². The third-order valence-corrected chi connectivity index (χ3v) is 3.39. The highest BCUT2D eigenvalue weighted by Gasteiger charge is 2.05. The molecule has 0 saturated heterocycles. The minimum atomic E-state index is -0.257. The van der Waals surface area contributed by atoms with E-state index < -0.39 is 0 Å². The van der Waals surface area contributed by atoms with Crippen molar-refractivity contribution in [1.82, 2.24) is 10.3 Å². The molecule has 0 spiro atoms. The number of amides is 2. The van der Waals surface area contributed by atoms with E-state index in [1.54, 1.807) is 12.3 Å². The molecule has 1 heterocycles. The SMILES string of the molecule is Cc1cc(Br)ccc1Nc1ccc(NC(=O)NC(C)C)nc1. The van der Waals surface area contributed by atoms with Crippen LogP contribution in [-0.4, -0.2) is 17.1 Å². The lowest BCUT2D eigenvalue weighted by atomic mass is 10.2. The number of urea groups is 1. The van der Waals surface area contributed by atoms with E-state index in [1.165, 1.54) is 0 Å². The van der Waals surface area contributed by atoms with Crippen molar-refractivity contribution in [2.45, 2.75) is 26.8 Å². The first-order chi connectivity index (χ1) is 10.4.